The van der Waals surface area contributed by atoms with Crippen LogP contribution in [0, 0.1) is 10.1 Å². The van der Waals surface area contributed by atoms with Gasteiger partial charge in [0.1, 0.15) is 0 Å². The van der Waals surface area contributed by atoms with Gasteiger partial charge in [0.05, 0.1) is 10.7 Å². The summed E-state index contributed by atoms with van der Waals surface area (Å²) >= 11 is 5.67. The van der Waals surface area contributed by atoms with Crippen LogP contribution in [0.15, 0.2) is 24.3 Å². The van der Waals surface area contributed by atoms with E-state index in [0.29, 0.717) is 0 Å². The number of nitro benzene ring substituents is 1. The number of non-ortho nitro benzene ring substituents is 1. The highest BCUT2D eigenvalue weighted by Crippen LogP contribution is 2.37. The fourth-order valence-corrected chi connectivity index (χ4v) is 3.85. The summed E-state index contributed by atoms with van der Waals surface area (Å²) in [5, 5.41) is 10.6. The van der Waals surface area contributed by atoms with E-state index in [-0.39, 0.29) is 17.0 Å². The summed E-state index contributed by atoms with van der Waals surface area (Å²) in [6.45, 7) is 1.40. The smallest absolute Gasteiger partial charge is 0.270 e. The summed E-state index contributed by atoms with van der Waals surface area (Å²) in [5.41, 5.74) is -0.351. The van der Waals surface area contributed by atoms with E-state index in [1.807, 2.05) is 0 Å². The molecule has 0 heterocycles. The van der Waals surface area contributed by atoms with Gasteiger partial charge in [-0.3, -0.25) is 14.9 Å². The maximum Gasteiger partial charge on any atom is 0.270 e. The number of alkyl halides is 2. The lowest BCUT2D eigenvalue weighted by atomic mass is 10.1. The van der Waals surface area contributed by atoms with E-state index in [2.05, 4.69) is 31.9 Å². The quantitative estimate of drug-likeness (QED) is 0.319. The van der Waals surface area contributed by atoms with E-state index in [4.69, 9.17) is 0 Å². The predicted octanol–water partition coefficient (Wildman–Crippen LogP) is 2.66. The van der Waals surface area contributed by atoms with Gasteiger partial charge in [0.2, 0.25) is 8.35 Å². The Bertz CT molecular complexity index is 627. The first-order chi connectivity index (χ1) is 8.63. The number of sulfone groups is 1. The zero-order valence-corrected chi connectivity index (χ0v) is 13.7. The van der Waals surface area contributed by atoms with Crippen LogP contribution in [0.1, 0.15) is 17.3 Å². The van der Waals surface area contributed by atoms with Crippen LogP contribution in [0.2, 0.25) is 0 Å². The lowest BCUT2D eigenvalue weighted by molar-refractivity contribution is -0.384. The largest absolute Gasteiger partial charge is 0.290 e. The number of nitro groups is 1. The van der Waals surface area contributed by atoms with Gasteiger partial charge in [-0.15, -0.1) is 0 Å². The second-order valence-corrected chi connectivity index (χ2v) is 10.5. The molecule has 0 saturated heterocycles. The second-order valence-electron chi connectivity index (χ2n) is 3.56. The SMILES string of the molecule is CCS(=O)(=O)C(Br)(Br)C(=O)c1cccc([N+](=O)[O-])c1. The average molecular weight is 415 g/mol. The van der Waals surface area contributed by atoms with Crippen LogP contribution in [0.25, 0.3) is 0 Å². The number of Topliss-reactive ketones (excluding diaryl/α,β-unsaturated/α-hetero) is 1. The molecule has 104 valence electrons. The average Bonchev–Trinajstić information content (AvgIpc) is 2.37. The van der Waals surface area contributed by atoms with Crippen molar-refractivity contribution in [3.05, 3.63) is 39.9 Å². The van der Waals surface area contributed by atoms with Crippen LogP contribution in [0.3, 0.4) is 0 Å². The summed E-state index contributed by atoms with van der Waals surface area (Å²) in [6.07, 6.45) is 0. The zero-order valence-electron chi connectivity index (χ0n) is 9.67. The van der Waals surface area contributed by atoms with E-state index in [0.717, 1.165) is 6.07 Å². The van der Waals surface area contributed by atoms with Crippen molar-refractivity contribution < 1.29 is 18.1 Å². The molecule has 0 atom stereocenters. The molecule has 0 aliphatic heterocycles. The van der Waals surface area contributed by atoms with E-state index in [9.17, 15) is 23.3 Å². The summed E-state index contributed by atoms with van der Waals surface area (Å²) in [6, 6.07) is 4.89. The number of carbonyl (C=O) groups is 1. The minimum atomic E-state index is -3.76. The Balaban J connectivity index is 3.28. The maximum atomic E-state index is 12.2. The normalized spacial score (nSPS) is 12.2. The van der Waals surface area contributed by atoms with E-state index in [1.165, 1.54) is 25.1 Å². The van der Waals surface area contributed by atoms with Gasteiger partial charge in [-0.25, -0.2) is 8.42 Å². The van der Waals surface area contributed by atoms with Crippen molar-refractivity contribution in [3.8, 4) is 0 Å². The lowest BCUT2D eigenvalue weighted by Crippen LogP contribution is -2.35. The number of hydrogen-bond donors (Lipinski definition) is 0. The molecule has 1 aromatic carbocycles. The topological polar surface area (TPSA) is 94.3 Å². The molecule has 0 radical (unpaired) electrons. The predicted molar refractivity (Wildman–Crippen MR) is 77.5 cm³/mol. The monoisotopic (exact) mass is 413 g/mol. The maximum absolute atomic E-state index is 12.2. The highest BCUT2D eigenvalue weighted by Gasteiger charge is 2.45. The summed E-state index contributed by atoms with van der Waals surface area (Å²) < 4.78 is 21.6. The van der Waals surface area contributed by atoms with Crippen LogP contribution in [0.4, 0.5) is 5.69 Å². The summed E-state index contributed by atoms with van der Waals surface area (Å²) in [4.78, 5) is 22.1. The molecule has 0 N–H and O–H groups in total. The Morgan fingerprint density at radius 3 is 2.47 bits per heavy atom. The number of benzene rings is 1. The molecule has 0 aliphatic rings. The van der Waals surface area contributed by atoms with Crippen molar-refractivity contribution in [2.45, 2.75) is 9.49 Å². The van der Waals surface area contributed by atoms with Crippen LogP contribution >= 0.6 is 31.9 Å². The molecule has 0 saturated carbocycles. The third-order valence-corrected chi connectivity index (χ3v) is 7.76. The fraction of sp³-hybridized carbons (Fsp3) is 0.300. The lowest BCUT2D eigenvalue weighted by Gasteiger charge is -2.18. The minimum Gasteiger partial charge on any atom is -0.290 e. The fourth-order valence-electron chi connectivity index (χ4n) is 1.25. The van der Waals surface area contributed by atoms with Crippen LogP contribution in [-0.4, -0.2) is 27.4 Å². The van der Waals surface area contributed by atoms with E-state index < -0.39 is 23.1 Å². The Morgan fingerprint density at radius 1 is 1.42 bits per heavy atom. The molecular formula is C10H9Br2NO5S. The molecular weight excluding hydrogens is 406 g/mol. The first kappa shape index (κ1) is 16.3. The van der Waals surface area contributed by atoms with Gasteiger partial charge in [0.25, 0.3) is 5.69 Å². The highest BCUT2D eigenvalue weighted by atomic mass is 79.9. The number of halogens is 2. The first-order valence-electron chi connectivity index (χ1n) is 5.03. The Kier molecular flexibility index (Phi) is 4.86. The number of rotatable bonds is 5. The standard InChI is InChI=1S/C10H9Br2NO5S/c1-2-19(17,18)10(11,12)9(14)7-4-3-5-8(6-7)13(15)16/h3-6H,2H2,1H3. The van der Waals surface area contributed by atoms with Gasteiger partial charge in [0, 0.05) is 17.7 Å². The third-order valence-electron chi connectivity index (χ3n) is 2.35. The molecule has 0 aliphatic carbocycles. The number of hydrogen-bond acceptors (Lipinski definition) is 5. The first-order valence-corrected chi connectivity index (χ1v) is 8.26. The molecule has 0 spiro atoms. The molecule has 1 rings (SSSR count). The van der Waals surface area contributed by atoms with Gasteiger partial charge in [0.15, 0.2) is 9.84 Å². The van der Waals surface area contributed by atoms with Gasteiger partial charge >= 0.3 is 0 Å². The minimum absolute atomic E-state index is 0.0695. The molecule has 0 amide bonds. The third kappa shape index (κ3) is 3.21. The number of nitrogens with zero attached hydrogens (tertiary/aromatic N) is 1. The van der Waals surface area contributed by atoms with Gasteiger partial charge < -0.3 is 0 Å². The highest BCUT2D eigenvalue weighted by molar-refractivity contribution is 9.28. The van der Waals surface area contributed by atoms with E-state index in [1.54, 1.807) is 0 Å². The second kappa shape index (κ2) is 5.68. The molecule has 19 heavy (non-hydrogen) atoms. The van der Waals surface area contributed by atoms with Gasteiger partial charge in [-0.05, 0) is 31.9 Å². The Labute approximate surface area is 126 Å². The van der Waals surface area contributed by atoms with Crippen molar-refractivity contribution >= 4 is 53.2 Å². The van der Waals surface area contributed by atoms with Crippen molar-refractivity contribution in [1.29, 1.82) is 0 Å². The molecule has 1 aromatic rings. The Morgan fingerprint density at radius 2 is 2.00 bits per heavy atom. The Hall–Kier alpha value is -0.800. The van der Waals surface area contributed by atoms with Crippen LogP contribution in [-0.2, 0) is 9.84 Å². The van der Waals surface area contributed by atoms with Crippen LogP contribution < -0.4 is 0 Å². The molecule has 9 heteroatoms. The number of carbonyl (C=O) groups excluding carboxylic acids is 1. The molecule has 0 aromatic heterocycles. The molecule has 0 unspecified atom stereocenters. The molecule has 0 bridgehead atoms. The van der Waals surface area contributed by atoms with Crippen LogP contribution in [0.5, 0.6) is 0 Å². The summed E-state index contributed by atoms with van der Waals surface area (Å²) in [7, 11) is -3.76. The number of ketones is 1. The van der Waals surface area contributed by atoms with Crippen molar-refractivity contribution in [2.24, 2.45) is 0 Å². The van der Waals surface area contributed by atoms with Crippen molar-refractivity contribution in [1.82, 2.24) is 0 Å². The molecule has 0 fully saturated rings. The van der Waals surface area contributed by atoms with E-state index >= 15 is 0 Å². The zero-order chi connectivity index (χ0) is 14.8. The summed E-state index contributed by atoms with van der Waals surface area (Å²) in [5.74, 6) is -1.07. The van der Waals surface area contributed by atoms with Gasteiger partial charge in [-0.1, -0.05) is 19.1 Å². The molecule has 6 nitrogen and oxygen atoms in total. The van der Waals surface area contributed by atoms with Gasteiger partial charge in [-0.2, -0.15) is 0 Å². The van der Waals surface area contributed by atoms with Crippen molar-refractivity contribution in [2.75, 3.05) is 5.75 Å². The van der Waals surface area contributed by atoms with Crippen molar-refractivity contribution in [3.63, 3.8) is 0 Å².